The van der Waals surface area contributed by atoms with Gasteiger partial charge in [0.05, 0.1) is 11.9 Å². The Morgan fingerprint density at radius 1 is 1.22 bits per heavy atom. The number of fused-ring (bicyclic) bond motifs is 1. The Balaban J connectivity index is 1.84. The van der Waals surface area contributed by atoms with Crippen LogP contribution in [0.5, 0.6) is 0 Å². The zero-order valence-electron chi connectivity index (χ0n) is 14.0. The lowest BCUT2D eigenvalue weighted by Gasteiger charge is -2.09. The molecular weight excluding hydrogens is 376 g/mol. The number of nitrogens with zero attached hydrogens (tertiary/aromatic N) is 4. The predicted molar refractivity (Wildman–Crippen MR) is 95.7 cm³/mol. The van der Waals surface area contributed by atoms with Crippen molar-refractivity contribution in [2.24, 2.45) is 0 Å². The Morgan fingerprint density at radius 3 is 2.67 bits per heavy atom. The van der Waals surface area contributed by atoms with E-state index in [0.717, 1.165) is 0 Å². The van der Waals surface area contributed by atoms with Gasteiger partial charge in [0, 0.05) is 30.6 Å². The molecule has 136 valence electrons. The van der Waals surface area contributed by atoms with Gasteiger partial charge >= 0.3 is 0 Å². The molecule has 3 aromatic heterocycles. The molecule has 0 fully saturated rings. The van der Waals surface area contributed by atoms with Gasteiger partial charge in [0.15, 0.2) is 11.5 Å². The summed E-state index contributed by atoms with van der Waals surface area (Å²) in [6, 6.07) is 2.54. The lowest BCUT2D eigenvalue weighted by atomic mass is 10.1. The van der Waals surface area contributed by atoms with Gasteiger partial charge in [-0.25, -0.2) is 23.7 Å². The van der Waals surface area contributed by atoms with Gasteiger partial charge in [-0.2, -0.15) is 0 Å². The highest BCUT2D eigenvalue weighted by atomic mass is 35.5. The van der Waals surface area contributed by atoms with Crippen molar-refractivity contribution in [1.29, 1.82) is 0 Å². The van der Waals surface area contributed by atoms with E-state index in [1.165, 1.54) is 25.3 Å². The van der Waals surface area contributed by atoms with E-state index >= 15 is 0 Å². The number of imidazole rings is 1. The highest BCUT2D eigenvalue weighted by Gasteiger charge is 2.14. The van der Waals surface area contributed by atoms with Crippen LogP contribution in [0, 0.1) is 18.6 Å². The molecule has 0 saturated carbocycles. The second kappa shape index (κ2) is 6.55. The minimum absolute atomic E-state index is 0.0330. The first-order chi connectivity index (χ1) is 12.9. The maximum Gasteiger partial charge on any atom is 0.269 e. The average molecular weight is 388 g/mol. The van der Waals surface area contributed by atoms with Gasteiger partial charge < -0.3 is 9.38 Å². The summed E-state index contributed by atoms with van der Waals surface area (Å²) in [7, 11) is 0. The van der Waals surface area contributed by atoms with Crippen molar-refractivity contribution >= 4 is 17.2 Å². The fraction of sp³-hybridized carbons (Fsp3) is 0.111. The highest BCUT2D eigenvalue weighted by Crippen LogP contribution is 2.21. The van der Waals surface area contributed by atoms with Crippen LogP contribution in [0.4, 0.5) is 8.78 Å². The summed E-state index contributed by atoms with van der Waals surface area (Å²) in [6.45, 7) is 1.38. The van der Waals surface area contributed by atoms with Crippen LogP contribution < -0.4 is 5.56 Å². The van der Waals surface area contributed by atoms with E-state index in [1.54, 1.807) is 23.0 Å². The summed E-state index contributed by atoms with van der Waals surface area (Å²) < 4.78 is 29.5. The second-order valence-electron chi connectivity index (χ2n) is 6.00. The smallest absolute Gasteiger partial charge is 0.269 e. The molecule has 0 aliphatic heterocycles. The molecule has 9 heteroatoms. The Labute approximate surface area is 156 Å². The van der Waals surface area contributed by atoms with Crippen LogP contribution in [0.2, 0.25) is 5.02 Å². The van der Waals surface area contributed by atoms with E-state index in [4.69, 9.17) is 11.6 Å². The number of halogens is 3. The zero-order valence-corrected chi connectivity index (χ0v) is 14.8. The monoisotopic (exact) mass is 387 g/mol. The van der Waals surface area contributed by atoms with Gasteiger partial charge in [-0.15, -0.1) is 0 Å². The van der Waals surface area contributed by atoms with Crippen molar-refractivity contribution in [3.05, 3.63) is 80.8 Å². The predicted octanol–water partition coefficient (Wildman–Crippen LogP) is 3.31. The van der Waals surface area contributed by atoms with Crippen LogP contribution in [-0.2, 0) is 6.42 Å². The van der Waals surface area contributed by atoms with Crippen molar-refractivity contribution in [3.8, 4) is 11.5 Å². The van der Waals surface area contributed by atoms with Gasteiger partial charge in [0.25, 0.3) is 5.56 Å². The molecule has 3 heterocycles. The largest absolute Gasteiger partial charge is 0.304 e. The SMILES string of the molecule is Cc1c(F)cc(Cc2nc(-c3ncc(Cl)c(=O)[nH]3)cn3ccnc23)cc1F. The number of rotatable bonds is 3. The summed E-state index contributed by atoms with van der Waals surface area (Å²) >= 11 is 5.71. The molecular formula is C18H12ClF2N5O. The number of hydrogen-bond acceptors (Lipinski definition) is 4. The number of aromatic amines is 1. The topological polar surface area (TPSA) is 75.9 Å². The molecule has 27 heavy (non-hydrogen) atoms. The van der Waals surface area contributed by atoms with Gasteiger partial charge in [0.2, 0.25) is 0 Å². The summed E-state index contributed by atoms with van der Waals surface area (Å²) in [5, 5.41) is -0.0340. The molecule has 0 aliphatic carbocycles. The third kappa shape index (κ3) is 3.19. The zero-order chi connectivity index (χ0) is 19.1. The van der Waals surface area contributed by atoms with Crippen molar-refractivity contribution in [3.63, 3.8) is 0 Å². The Hall–Kier alpha value is -3.13. The number of nitrogens with one attached hydrogen (secondary N) is 1. The van der Waals surface area contributed by atoms with Gasteiger partial charge in [0.1, 0.15) is 22.4 Å². The fourth-order valence-electron chi connectivity index (χ4n) is 2.73. The van der Waals surface area contributed by atoms with Crippen molar-refractivity contribution in [2.45, 2.75) is 13.3 Å². The molecule has 0 amide bonds. The second-order valence-corrected chi connectivity index (χ2v) is 6.41. The maximum absolute atomic E-state index is 13.9. The number of benzene rings is 1. The van der Waals surface area contributed by atoms with Gasteiger partial charge in [-0.05, 0) is 24.6 Å². The molecule has 0 saturated heterocycles. The third-order valence-corrected chi connectivity index (χ3v) is 4.42. The van der Waals surface area contributed by atoms with Gasteiger partial charge in [-0.3, -0.25) is 4.79 Å². The maximum atomic E-state index is 13.9. The normalized spacial score (nSPS) is 11.3. The summed E-state index contributed by atoms with van der Waals surface area (Å²) in [6.07, 6.45) is 6.32. The van der Waals surface area contributed by atoms with E-state index in [1.807, 2.05) is 0 Å². The standard InChI is InChI=1S/C18H12ClF2N5O/c1-9-12(20)4-10(5-13(9)21)6-14-17-22-2-3-26(17)8-15(24-14)16-23-7-11(19)18(27)25-16/h2-5,7-8H,6H2,1H3,(H,23,25,27). The minimum Gasteiger partial charge on any atom is -0.304 e. The first-order valence-corrected chi connectivity index (χ1v) is 8.32. The molecule has 1 N–H and O–H groups in total. The molecule has 1 aromatic carbocycles. The Morgan fingerprint density at radius 2 is 1.96 bits per heavy atom. The van der Waals surface area contributed by atoms with E-state index in [-0.39, 0.29) is 22.8 Å². The molecule has 0 bridgehead atoms. The van der Waals surface area contributed by atoms with E-state index < -0.39 is 17.2 Å². The van der Waals surface area contributed by atoms with Crippen LogP contribution in [0.3, 0.4) is 0 Å². The van der Waals surface area contributed by atoms with Crippen LogP contribution >= 0.6 is 11.6 Å². The van der Waals surface area contributed by atoms with Crippen LogP contribution in [-0.4, -0.2) is 24.3 Å². The Kier molecular flexibility index (Phi) is 4.19. The summed E-state index contributed by atoms with van der Waals surface area (Å²) in [5.41, 5.74) is 1.29. The number of hydrogen-bond donors (Lipinski definition) is 1. The summed E-state index contributed by atoms with van der Waals surface area (Å²) in [5.74, 6) is -1.02. The molecule has 4 aromatic rings. The fourth-order valence-corrected chi connectivity index (χ4v) is 2.83. The van der Waals surface area contributed by atoms with Crippen LogP contribution in [0.1, 0.15) is 16.8 Å². The number of aromatic nitrogens is 5. The van der Waals surface area contributed by atoms with E-state index in [0.29, 0.717) is 22.6 Å². The van der Waals surface area contributed by atoms with Crippen molar-refractivity contribution in [1.82, 2.24) is 24.3 Å². The van der Waals surface area contributed by atoms with Crippen molar-refractivity contribution in [2.75, 3.05) is 0 Å². The van der Waals surface area contributed by atoms with Crippen LogP contribution in [0.25, 0.3) is 17.2 Å². The lowest BCUT2D eigenvalue weighted by Crippen LogP contribution is -2.10. The summed E-state index contributed by atoms with van der Waals surface area (Å²) in [4.78, 5) is 27.1. The molecule has 0 radical (unpaired) electrons. The number of H-pyrrole nitrogens is 1. The van der Waals surface area contributed by atoms with Gasteiger partial charge in [-0.1, -0.05) is 11.6 Å². The van der Waals surface area contributed by atoms with E-state index in [9.17, 15) is 13.6 Å². The molecule has 6 nitrogen and oxygen atoms in total. The molecule has 0 spiro atoms. The molecule has 4 rings (SSSR count). The van der Waals surface area contributed by atoms with E-state index in [2.05, 4.69) is 19.9 Å². The average Bonchev–Trinajstić information content (AvgIpc) is 3.11. The third-order valence-electron chi connectivity index (χ3n) is 4.15. The highest BCUT2D eigenvalue weighted by molar-refractivity contribution is 6.30. The molecule has 0 unspecified atom stereocenters. The Bertz CT molecular complexity index is 1210. The van der Waals surface area contributed by atoms with Crippen molar-refractivity contribution < 1.29 is 8.78 Å². The minimum atomic E-state index is -0.621. The first-order valence-electron chi connectivity index (χ1n) is 7.94. The first kappa shape index (κ1) is 17.3. The molecule has 0 atom stereocenters. The molecule has 0 aliphatic rings. The lowest BCUT2D eigenvalue weighted by molar-refractivity contribution is 0.565. The quantitative estimate of drug-likeness (QED) is 0.585. The van der Waals surface area contributed by atoms with Crippen LogP contribution in [0.15, 0.2) is 41.7 Å².